The van der Waals surface area contributed by atoms with Crippen LogP contribution in [-0.2, 0) is 10.7 Å². The summed E-state index contributed by atoms with van der Waals surface area (Å²) in [7, 11) is 1.54. The molecule has 0 spiro atoms. The van der Waals surface area contributed by atoms with Crippen LogP contribution in [0.4, 0.5) is 8.78 Å². The molecule has 96 valence electrons. The first-order valence-electron chi connectivity index (χ1n) is 5.62. The van der Waals surface area contributed by atoms with Crippen molar-refractivity contribution in [3.8, 4) is 0 Å². The minimum atomic E-state index is -2.84. The van der Waals surface area contributed by atoms with Crippen LogP contribution >= 0.6 is 0 Å². The van der Waals surface area contributed by atoms with Crippen molar-refractivity contribution >= 4 is 0 Å². The summed E-state index contributed by atoms with van der Waals surface area (Å²) in [6, 6.07) is 4.77. The summed E-state index contributed by atoms with van der Waals surface area (Å²) < 4.78 is 32.4. The van der Waals surface area contributed by atoms with E-state index >= 15 is 0 Å². The van der Waals surface area contributed by atoms with Gasteiger partial charge in [-0.25, -0.2) is 0 Å². The Morgan fingerprint density at radius 2 is 1.94 bits per heavy atom. The number of aryl methyl sites for hydroxylation is 2. The Morgan fingerprint density at radius 1 is 1.24 bits per heavy atom. The minimum absolute atomic E-state index is 0.0607. The molecule has 0 amide bonds. The van der Waals surface area contributed by atoms with Crippen molar-refractivity contribution in [2.45, 2.75) is 19.8 Å². The molecule has 0 aliphatic carbocycles. The zero-order valence-corrected chi connectivity index (χ0v) is 10.5. The fourth-order valence-corrected chi connectivity index (χ4v) is 1.49. The quantitative estimate of drug-likeness (QED) is 0.775. The summed E-state index contributed by atoms with van der Waals surface area (Å²) in [5, 5.41) is 2.68. The summed E-state index contributed by atoms with van der Waals surface area (Å²) in [4.78, 5) is 0. The van der Waals surface area contributed by atoms with E-state index in [9.17, 15) is 8.78 Å². The summed E-state index contributed by atoms with van der Waals surface area (Å²) in [5.41, 5.74) is 1.97. The highest BCUT2D eigenvalue weighted by molar-refractivity contribution is 5.32. The van der Waals surface area contributed by atoms with Crippen LogP contribution in [0, 0.1) is 13.8 Å². The molecule has 0 aromatic heterocycles. The second kappa shape index (κ2) is 6.07. The Hall–Kier alpha value is -1.00. The van der Waals surface area contributed by atoms with Gasteiger partial charge in [-0.15, -0.1) is 0 Å². The topological polar surface area (TPSA) is 21.3 Å². The van der Waals surface area contributed by atoms with Gasteiger partial charge in [0.15, 0.2) is 0 Å². The number of benzene rings is 1. The van der Waals surface area contributed by atoms with Crippen molar-refractivity contribution in [1.82, 2.24) is 5.32 Å². The number of rotatable bonds is 6. The highest BCUT2D eigenvalue weighted by Crippen LogP contribution is 2.28. The minimum Gasteiger partial charge on any atom is -0.383 e. The molecule has 1 aromatic carbocycles. The molecule has 4 heteroatoms. The lowest BCUT2D eigenvalue weighted by molar-refractivity contribution is -0.00421. The van der Waals surface area contributed by atoms with E-state index in [1.165, 1.54) is 6.07 Å². The average molecular weight is 243 g/mol. The van der Waals surface area contributed by atoms with Gasteiger partial charge in [-0.2, -0.15) is 8.78 Å². The van der Waals surface area contributed by atoms with Gasteiger partial charge >= 0.3 is 0 Å². The number of nitrogens with one attached hydrogen (secondary N) is 1. The van der Waals surface area contributed by atoms with E-state index in [-0.39, 0.29) is 12.1 Å². The third-order valence-electron chi connectivity index (χ3n) is 2.76. The summed E-state index contributed by atoms with van der Waals surface area (Å²) in [5.74, 6) is -2.84. The monoisotopic (exact) mass is 243 g/mol. The number of ether oxygens (including phenoxy) is 1. The number of hydrogen-bond acceptors (Lipinski definition) is 2. The molecule has 0 saturated carbocycles. The molecule has 0 aliphatic rings. The molecule has 0 radical (unpaired) electrons. The van der Waals surface area contributed by atoms with Gasteiger partial charge in [0.25, 0.3) is 5.92 Å². The fourth-order valence-electron chi connectivity index (χ4n) is 1.49. The zero-order valence-electron chi connectivity index (χ0n) is 10.5. The van der Waals surface area contributed by atoms with Gasteiger partial charge in [0.1, 0.15) is 0 Å². The Balaban J connectivity index is 2.64. The van der Waals surface area contributed by atoms with Crippen LogP contribution in [0.25, 0.3) is 0 Å². The van der Waals surface area contributed by atoms with E-state index in [0.29, 0.717) is 13.2 Å². The first-order valence-corrected chi connectivity index (χ1v) is 5.62. The molecule has 0 atom stereocenters. The molecule has 0 heterocycles. The summed E-state index contributed by atoms with van der Waals surface area (Å²) >= 11 is 0. The van der Waals surface area contributed by atoms with Crippen LogP contribution in [0.3, 0.4) is 0 Å². The number of alkyl halides is 2. The maximum Gasteiger partial charge on any atom is 0.285 e. The van der Waals surface area contributed by atoms with Crippen LogP contribution in [0.15, 0.2) is 18.2 Å². The number of hydrogen-bond donors (Lipinski definition) is 1. The highest BCUT2D eigenvalue weighted by atomic mass is 19.3. The molecule has 0 fully saturated rings. The summed E-state index contributed by atoms with van der Waals surface area (Å²) in [6.07, 6.45) is 0. The lowest BCUT2D eigenvalue weighted by atomic mass is 10.0. The van der Waals surface area contributed by atoms with Crippen molar-refractivity contribution < 1.29 is 13.5 Å². The van der Waals surface area contributed by atoms with E-state index in [4.69, 9.17) is 4.74 Å². The van der Waals surface area contributed by atoms with Crippen molar-refractivity contribution in [3.63, 3.8) is 0 Å². The molecule has 0 bridgehead atoms. The Kier molecular flexibility index (Phi) is 5.02. The Morgan fingerprint density at radius 3 is 2.53 bits per heavy atom. The maximum atomic E-state index is 13.8. The van der Waals surface area contributed by atoms with Crippen molar-refractivity contribution in [2.24, 2.45) is 0 Å². The predicted molar refractivity (Wildman–Crippen MR) is 64.6 cm³/mol. The molecule has 0 aliphatic heterocycles. The van der Waals surface area contributed by atoms with Gasteiger partial charge < -0.3 is 10.1 Å². The maximum absolute atomic E-state index is 13.8. The van der Waals surface area contributed by atoms with Gasteiger partial charge in [-0.3, -0.25) is 0 Å². The molecule has 1 rings (SSSR count). The molecule has 1 N–H and O–H groups in total. The zero-order chi connectivity index (χ0) is 12.9. The molecule has 2 nitrogen and oxygen atoms in total. The molecule has 0 unspecified atom stereocenters. The largest absolute Gasteiger partial charge is 0.383 e. The van der Waals surface area contributed by atoms with E-state index in [0.717, 1.165) is 11.1 Å². The SMILES string of the molecule is COCCNCC(F)(F)c1ccc(C)c(C)c1. The normalized spacial score (nSPS) is 11.8. The highest BCUT2D eigenvalue weighted by Gasteiger charge is 2.30. The fraction of sp³-hybridized carbons (Fsp3) is 0.538. The Bertz CT molecular complexity index is 366. The summed E-state index contributed by atoms with van der Waals surface area (Å²) in [6.45, 7) is 4.25. The van der Waals surface area contributed by atoms with E-state index in [1.807, 2.05) is 13.8 Å². The van der Waals surface area contributed by atoms with Crippen LogP contribution < -0.4 is 5.32 Å². The lowest BCUT2D eigenvalue weighted by Crippen LogP contribution is -2.32. The Labute approximate surface area is 101 Å². The third-order valence-corrected chi connectivity index (χ3v) is 2.76. The average Bonchev–Trinajstić information content (AvgIpc) is 2.28. The van der Waals surface area contributed by atoms with Crippen LogP contribution in [0.5, 0.6) is 0 Å². The first kappa shape index (κ1) is 14.1. The first-order chi connectivity index (χ1) is 7.97. The van der Waals surface area contributed by atoms with Crippen LogP contribution in [0.2, 0.25) is 0 Å². The second-order valence-corrected chi connectivity index (χ2v) is 4.17. The van der Waals surface area contributed by atoms with E-state index in [2.05, 4.69) is 5.32 Å². The van der Waals surface area contributed by atoms with E-state index in [1.54, 1.807) is 19.2 Å². The number of methoxy groups -OCH3 is 1. The number of halogens is 2. The molecule has 17 heavy (non-hydrogen) atoms. The van der Waals surface area contributed by atoms with Gasteiger partial charge in [0.2, 0.25) is 0 Å². The van der Waals surface area contributed by atoms with Crippen molar-refractivity contribution in [2.75, 3.05) is 26.8 Å². The van der Waals surface area contributed by atoms with Crippen LogP contribution in [0.1, 0.15) is 16.7 Å². The standard InChI is InChI=1S/C13H19F2NO/c1-10-4-5-12(8-11(10)2)13(14,15)9-16-6-7-17-3/h4-5,8,16H,6-7,9H2,1-3H3. The second-order valence-electron chi connectivity index (χ2n) is 4.17. The molecule has 0 saturated heterocycles. The molecular formula is C13H19F2NO. The van der Waals surface area contributed by atoms with Crippen LogP contribution in [-0.4, -0.2) is 26.8 Å². The molecular weight excluding hydrogens is 224 g/mol. The predicted octanol–water partition coefficient (Wildman–Crippen LogP) is 2.63. The lowest BCUT2D eigenvalue weighted by Gasteiger charge is -2.18. The van der Waals surface area contributed by atoms with Gasteiger partial charge in [0, 0.05) is 19.2 Å². The van der Waals surface area contributed by atoms with Crippen molar-refractivity contribution in [1.29, 1.82) is 0 Å². The molecule has 1 aromatic rings. The van der Waals surface area contributed by atoms with Crippen molar-refractivity contribution in [3.05, 3.63) is 34.9 Å². The smallest absolute Gasteiger partial charge is 0.285 e. The van der Waals surface area contributed by atoms with E-state index < -0.39 is 5.92 Å². The van der Waals surface area contributed by atoms with Gasteiger partial charge in [0.05, 0.1) is 13.2 Å². The van der Waals surface area contributed by atoms with Gasteiger partial charge in [-0.1, -0.05) is 12.1 Å². The van der Waals surface area contributed by atoms with Gasteiger partial charge in [-0.05, 0) is 31.0 Å². The third kappa shape index (κ3) is 4.06.